The molecule has 2 aromatic rings. The molecular weight excluding hydrogens is 230 g/mol. The van der Waals surface area contributed by atoms with Gasteiger partial charge in [0, 0.05) is 12.6 Å². The summed E-state index contributed by atoms with van der Waals surface area (Å²) in [7, 11) is 0. The monoisotopic (exact) mass is 247 g/mol. The van der Waals surface area contributed by atoms with Crippen LogP contribution in [0.25, 0.3) is 5.65 Å². The molecular formula is C11H17N7. The average Bonchev–Trinajstić information content (AvgIpc) is 3.03. The van der Waals surface area contributed by atoms with E-state index in [9.17, 15) is 0 Å². The van der Waals surface area contributed by atoms with Crippen molar-refractivity contribution in [3.8, 4) is 0 Å². The highest BCUT2D eigenvalue weighted by Gasteiger charge is 2.25. The van der Waals surface area contributed by atoms with E-state index in [0.717, 1.165) is 31.7 Å². The first kappa shape index (κ1) is 11.3. The van der Waals surface area contributed by atoms with E-state index in [1.807, 2.05) is 12.1 Å². The number of hydrogen-bond acceptors (Lipinski definition) is 6. The molecule has 3 heterocycles. The van der Waals surface area contributed by atoms with Gasteiger partial charge in [-0.05, 0) is 54.8 Å². The van der Waals surface area contributed by atoms with Gasteiger partial charge in [-0.15, -0.1) is 14.8 Å². The Morgan fingerprint density at radius 2 is 2.33 bits per heavy atom. The zero-order chi connectivity index (χ0) is 12.4. The summed E-state index contributed by atoms with van der Waals surface area (Å²) >= 11 is 0. The predicted octanol–water partition coefficient (Wildman–Crippen LogP) is 0.227. The van der Waals surface area contributed by atoms with E-state index in [2.05, 4.69) is 25.5 Å². The second-order valence-electron chi connectivity index (χ2n) is 4.64. The first-order valence-electron chi connectivity index (χ1n) is 6.40. The fourth-order valence-corrected chi connectivity index (χ4v) is 2.58. The molecule has 7 heteroatoms. The van der Waals surface area contributed by atoms with Crippen molar-refractivity contribution in [1.82, 2.24) is 25.3 Å². The zero-order valence-electron chi connectivity index (χ0n) is 10.2. The highest BCUT2D eigenvalue weighted by Crippen LogP contribution is 2.26. The van der Waals surface area contributed by atoms with Gasteiger partial charge >= 0.3 is 0 Å². The topological polar surface area (TPSA) is 85.2 Å². The number of rotatable bonds is 4. The second-order valence-corrected chi connectivity index (χ2v) is 4.64. The quantitative estimate of drug-likeness (QED) is 0.832. The fourth-order valence-electron chi connectivity index (χ4n) is 2.58. The number of tetrazole rings is 1. The molecule has 96 valence electrons. The van der Waals surface area contributed by atoms with Crippen LogP contribution in [0.15, 0.2) is 12.1 Å². The Labute approximate surface area is 105 Å². The number of fused-ring (bicyclic) bond motifs is 1. The van der Waals surface area contributed by atoms with Crippen molar-refractivity contribution >= 4 is 11.5 Å². The molecule has 0 aromatic carbocycles. The molecule has 7 nitrogen and oxygen atoms in total. The normalized spacial score (nSPS) is 19.8. The lowest BCUT2D eigenvalue weighted by molar-refractivity contribution is 0.577. The first-order chi connectivity index (χ1) is 8.88. The Morgan fingerprint density at radius 3 is 3.22 bits per heavy atom. The number of aromatic nitrogens is 5. The van der Waals surface area contributed by atoms with Crippen molar-refractivity contribution in [2.24, 2.45) is 5.73 Å². The van der Waals surface area contributed by atoms with Gasteiger partial charge < -0.3 is 10.6 Å². The number of anilines is 1. The van der Waals surface area contributed by atoms with Crippen LogP contribution in [0.1, 0.15) is 25.7 Å². The van der Waals surface area contributed by atoms with Crippen LogP contribution >= 0.6 is 0 Å². The minimum atomic E-state index is 0.551. The van der Waals surface area contributed by atoms with E-state index in [-0.39, 0.29) is 0 Å². The van der Waals surface area contributed by atoms with E-state index in [1.165, 1.54) is 17.5 Å². The third-order valence-corrected chi connectivity index (χ3v) is 3.47. The molecule has 2 aromatic heterocycles. The lowest BCUT2D eigenvalue weighted by atomic mass is 10.1. The highest BCUT2D eigenvalue weighted by atomic mass is 15.6. The molecule has 1 aliphatic heterocycles. The van der Waals surface area contributed by atoms with Crippen molar-refractivity contribution in [3.05, 3.63) is 12.1 Å². The van der Waals surface area contributed by atoms with Crippen molar-refractivity contribution < 1.29 is 0 Å². The predicted molar refractivity (Wildman–Crippen MR) is 67.2 cm³/mol. The molecule has 0 bridgehead atoms. The molecule has 3 rings (SSSR count). The summed E-state index contributed by atoms with van der Waals surface area (Å²) in [4.78, 5) is 2.34. The van der Waals surface area contributed by atoms with Gasteiger partial charge in [-0.3, -0.25) is 0 Å². The molecule has 2 N–H and O–H groups in total. The fraction of sp³-hybridized carbons (Fsp3) is 0.636. The molecule has 1 aliphatic rings. The van der Waals surface area contributed by atoms with Gasteiger partial charge in [-0.1, -0.05) is 0 Å². The second kappa shape index (κ2) is 4.85. The Hall–Kier alpha value is -1.76. The SMILES string of the molecule is NCCCC1CCCN1c1ccc2nnnn2n1. The number of nitrogens with zero attached hydrogens (tertiary/aromatic N) is 6. The van der Waals surface area contributed by atoms with Gasteiger partial charge in [-0.2, -0.15) is 0 Å². The van der Waals surface area contributed by atoms with Crippen LogP contribution in [0.4, 0.5) is 5.82 Å². The van der Waals surface area contributed by atoms with Crippen LogP contribution in [0.2, 0.25) is 0 Å². The van der Waals surface area contributed by atoms with Crippen LogP contribution in [-0.2, 0) is 0 Å². The van der Waals surface area contributed by atoms with Crippen molar-refractivity contribution in [1.29, 1.82) is 0 Å². The largest absolute Gasteiger partial charge is 0.352 e. The Balaban J connectivity index is 1.83. The molecule has 1 unspecified atom stereocenters. The summed E-state index contributed by atoms with van der Waals surface area (Å²) in [6.45, 7) is 1.81. The lowest BCUT2D eigenvalue weighted by Crippen LogP contribution is -2.30. The van der Waals surface area contributed by atoms with Crippen molar-refractivity contribution in [2.75, 3.05) is 18.0 Å². The molecule has 1 fully saturated rings. The summed E-state index contributed by atoms with van der Waals surface area (Å²) in [6, 6.07) is 4.45. The van der Waals surface area contributed by atoms with Crippen LogP contribution in [-0.4, -0.2) is 44.4 Å². The summed E-state index contributed by atoms with van der Waals surface area (Å²) in [5.74, 6) is 0.953. The highest BCUT2D eigenvalue weighted by molar-refractivity contribution is 5.45. The molecule has 0 radical (unpaired) electrons. The van der Waals surface area contributed by atoms with Crippen LogP contribution in [0, 0.1) is 0 Å². The number of nitrogens with two attached hydrogens (primary N) is 1. The third kappa shape index (κ3) is 2.01. The van der Waals surface area contributed by atoms with Gasteiger partial charge in [0.25, 0.3) is 0 Å². The van der Waals surface area contributed by atoms with E-state index in [0.29, 0.717) is 11.7 Å². The summed E-state index contributed by atoms with van der Waals surface area (Å²) in [6.07, 6.45) is 4.63. The van der Waals surface area contributed by atoms with Gasteiger partial charge in [0.2, 0.25) is 0 Å². The maximum Gasteiger partial charge on any atom is 0.200 e. The summed E-state index contributed by atoms with van der Waals surface area (Å²) in [5.41, 5.74) is 6.26. The van der Waals surface area contributed by atoms with Gasteiger partial charge in [-0.25, -0.2) is 0 Å². The van der Waals surface area contributed by atoms with Gasteiger partial charge in [0.05, 0.1) is 0 Å². The smallest absolute Gasteiger partial charge is 0.200 e. The Morgan fingerprint density at radius 1 is 1.39 bits per heavy atom. The average molecular weight is 247 g/mol. The summed E-state index contributed by atoms with van der Waals surface area (Å²) in [5, 5.41) is 15.7. The van der Waals surface area contributed by atoms with Gasteiger partial charge in [0.1, 0.15) is 0 Å². The minimum absolute atomic E-state index is 0.551. The maximum atomic E-state index is 5.59. The van der Waals surface area contributed by atoms with E-state index in [1.54, 1.807) is 0 Å². The summed E-state index contributed by atoms with van der Waals surface area (Å²) < 4.78 is 1.48. The van der Waals surface area contributed by atoms with Crippen molar-refractivity contribution in [2.45, 2.75) is 31.7 Å². The molecule has 0 amide bonds. The molecule has 1 atom stereocenters. The molecule has 1 saturated heterocycles. The first-order valence-corrected chi connectivity index (χ1v) is 6.40. The zero-order valence-corrected chi connectivity index (χ0v) is 10.2. The molecule has 18 heavy (non-hydrogen) atoms. The van der Waals surface area contributed by atoms with E-state index in [4.69, 9.17) is 5.73 Å². The molecule has 0 spiro atoms. The Kier molecular flexibility index (Phi) is 3.06. The van der Waals surface area contributed by atoms with Crippen LogP contribution in [0.5, 0.6) is 0 Å². The van der Waals surface area contributed by atoms with Crippen LogP contribution < -0.4 is 10.6 Å². The van der Waals surface area contributed by atoms with E-state index >= 15 is 0 Å². The Bertz CT molecular complexity index is 523. The minimum Gasteiger partial charge on any atom is -0.352 e. The third-order valence-electron chi connectivity index (χ3n) is 3.47. The van der Waals surface area contributed by atoms with E-state index < -0.39 is 0 Å². The lowest BCUT2D eigenvalue weighted by Gasteiger charge is -2.25. The molecule has 0 aliphatic carbocycles. The maximum absolute atomic E-state index is 5.59. The van der Waals surface area contributed by atoms with Gasteiger partial charge in [0.15, 0.2) is 11.5 Å². The van der Waals surface area contributed by atoms with Crippen molar-refractivity contribution in [3.63, 3.8) is 0 Å². The number of hydrogen-bond donors (Lipinski definition) is 1. The standard InChI is InChI=1S/C11H17N7/c12-7-1-3-9-4-2-8-17(9)11-6-5-10-13-15-16-18(10)14-11/h5-6,9H,1-4,7-8,12H2. The van der Waals surface area contributed by atoms with Crippen LogP contribution in [0.3, 0.4) is 0 Å². The molecule has 0 saturated carbocycles.